The van der Waals surface area contributed by atoms with Crippen molar-refractivity contribution in [1.29, 1.82) is 0 Å². The van der Waals surface area contributed by atoms with Gasteiger partial charge in [0, 0.05) is 19.6 Å². The zero-order chi connectivity index (χ0) is 9.68. The smallest absolute Gasteiger partial charge is 0.129 e. The molecular weight excluding hydrogens is 166 g/mol. The lowest BCUT2D eigenvalue weighted by molar-refractivity contribution is 0.162. The molecule has 0 aliphatic rings. The maximum Gasteiger partial charge on any atom is 0.129 e. The summed E-state index contributed by atoms with van der Waals surface area (Å²) >= 11 is 0. The predicted molar refractivity (Wildman–Crippen MR) is 51.4 cm³/mol. The summed E-state index contributed by atoms with van der Waals surface area (Å²) in [7, 11) is 1.66. The van der Waals surface area contributed by atoms with Crippen molar-refractivity contribution < 1.29 is 9.15 Å². The van der Waals surface area contributed by atoms with Crippen LogP contribution in [0.2, 0.25) is 0 Å². The Morgan fingerprint density at radius 2 is 2.15 bits per heavy atom. The van der Waals surface area contributed by atoms with Gasteiger partial charge < -0.3 is 14.9 Å². The number of ether oxygens (including phenoxy) is 1. The van der Waals surface area contributed by atoms with Gasteiger partial charge in [0.05, 0.1) is 0 Å². The maximum atomic E-state index is 5.64. The molecule has 1 rings (SSSR count). The molecule has 0 fully saturated rings. The SMILES string of the molecule is COCc1ccc(CC[C@H](C)N)o1. The third-order valence-electron chi connectivity index (χ3n) is 1.85. The van der Waals surface area contributed by atoms with Crippen LogP contribution in [0.5, 0.6) is 0 Å². The minimum absolute atomic E-state index is 0.232. The van der Waals surface area contributed by atoms with Crippen molar-refractivity contribution in [1.82, 2.24) is 0 Å². The van der Waals surface area contributed by atoms with Gasteiger partial charge >= 0.3 is 0 Å². The minimum atomic E-state index is 0.232. The Morgan fingerprint density at radius 1 is 1.46 bits per heavy atom. The third-order valence-corrected chi connectivity index (χ3v) is 1.85. The molecule has 3 heteroatoms. The predicted octanol–water partition coefficient (Wildman–Crippen LogP) is 1.71. The van der Waals surface area contributed by atoms with Gasteiger partial charge in [-0.1, -0.05) is 0 Å². The van der Waals surface area contributed by atoms with Gasteiger partial charge in [-0.05, 0) is 25.5 Å². The van der Waals surface area contributed by atoms with E-state index < -0.39 is 0 Å². The van der Waals surface area contributed by atoms with Gasteiger partial charge in [-0.25, -0.2) is 0 Å². The van der Waals surface area contributed by atoms with E-state index in [-0.39, 0.29) is 6.04 Å². The summed E-state index contributed by atoms with van der Waals surface area (Å²) < 4.78 is 10.4. The molecule has 13 heavy (non-hydrogen) atoms. The summed E-state index contributed by atoms with van der Waals surface area (Å²) in [6, 6.07) is 4.16. The van der Waals surface area contributed by atoms with Gasteiger partial charge in [0.2, 0.25) is 0 Å². The number of nitrogens with two attached hydrogens (primary N) is 1. The molecule has 0 bridgehead atoms. The minimum Gasteiger partial charge on any atom is -0.464 e. The fraction of sp³-hybridized carbons (Fsp3) is 0.600. The van der Waals surface area contributed by atoms with E-state index in [4.69, 9.17) is 14.9 Å². The molecule has 1 heterocycles. The van der Waals surface area contributed by atoms with Crippen LogP contribution in [0.15, 0.2) is 16.5 Å². The normalized spacial score (nSPS) is 13.2. The second kappa shape index (κ2) is 5.04. The van der Waals surface area contributed by atoms with Crippen molar-refractivity contribution in [2.24, 2.45) is 5.73 Å². The third kappa shape index (κ3) is 3.61. The first-order valence-electron chi connectivity index (χ1n) is 4.54. The van der Waals surface area contributed by atoms with E-state index in [1.807, 2.05) is 19.1 Å². The molecule has 74 valence electrons. The van der Waals surface area contributed by atoms with Crippen LogP contribution in [-0.4, -0.2) is 13.2 Å². The monoisotopic (exact) mass is 183 g/mol. The Morgan fingerprint density at radius 3 is 2.77 bits per heavy atom. The standard InChI is InChI=1S/C10H17NO2/c1-8(11)3-4-9-5-6-10(13-9)7-12-2/h5-6,8H,3-4,7,11H2,1-2H3/t8-/m0/s1. The number of furan rings is 1. The molecule has 1 aromatic heterocycles. The topological polar surface area (TPSA) is 48.4 Å². The summed E-state index contributed by atoms with van der Waals surface area (Å²) in [5.41, 5.74) is 5.64. The zero-order valence-electron chi connectivity index (χ0n) is 8.25. The van der Waals surface area contributed by atoms with Crippen LogP contribution in [0.4, 0.5) is 0 Å². The second-order valence-electron chi connectivity index (χ2n) is 3.32. The van der Waals surface area contributed by atoms with Crippen LogP contribution in [-0.2, 0) is 17.8 Å². The van der Waals surface area contributed by atoms with Crippen LogP contribution in [0, 0.1) is 0 Å². The average Bonchev–Trinajstić information content (AvgIpc) is 2.50. The maximum absolute atomic E-state index is 5.64. The van der Waals surface area contributed by atoms with Crippen LogP contribution in [0.25, 0.3) is 0 Å². The van der Waals surface area contributed by atoms with E-state index in [1.54, 1.807) is 7.11 Å². The molecule has 1 aromatic rings. The molecular formula is C10H17NO2. The number of aryl methyl sites for hydroxylation is 1. The molecule has 0 aliphatic carbocycles. The van der Waals surface area contributed by atoms with E-state index in [1.165, 1.54) is 0 Å². The van der Waals surface area contributed by atoms with Gasteiger partial charge in [0.15, 0.2) is 0 Å². The lowest BCUT2D eigenvalue weighted by Gasteiger charge is -2.01. The molecule has 0 amide bonds. The van der Waals surface area contributed by atoms with Crippen LogP contribution in [0.1, 0.15) is 24.9 Å². The number of hydrogen-bond acceptors (Lipinski definition) is 3. The van der Waals surface area contributed by atoms with E-state index in [0.717, 1.165) is 24.4 Å². The second-order valence-corrected chi connectivity index (χ2v) is 3.32. The summed E-state index contributed by atoms with van der Waals surface area (Å²) in [5.74, 6) is 1.87. The summed E-state index contributed by atoms with van der Waals surface area (Å²) in [4.78, 5) is 0. The number of hydrogen-bond donors (Lipinski definition) is 1. The fourth-order valence-electron chi connectivity index (χ4n) is 1.15. The molecule has 0 saturated carbocycles. The van der Waals surface area contributed by atoms with Gasteiger partial charge in [-0.3, -0.25) is 0 Å². The first kappa shape index (κ1) is 10.3. The van der Waals surface area contributed by atoms with Crippen molar-refractivity contribution in [2.45, 2.75) is 32.4 Å². The highest BCUT2D eigenvalue weighted by Gasteiger charge is 2.02. The van der Waals surface area contributed by atoms with Crippen LogP contribution >= 0.6 is 0 Å². The quantitative estimate of drug-likeness (QED) is 0.756. The van der Waals surface area contributed by atoms with E-state index >= 15 is 0 Å². The Labute approximate surface area is 78.9 Å². The Balaban J connectivity index is 2.39. The van der Waals surface area contributed by atoms with E-state index in [0.29, 0.717) is 6.61 Å². The first-order chi connectivity index (χ1) is 6.22. The van der Waals surface area contributed by atoms with Crippen molar-refractivity contribution in [3.05, 3.63) is 23.7 Å². The average molecular weight is 183 g/mol. The molecule has 1 atom stereocenters. The van der Waals surface area contributed by atoms with Crippen molar-refractivity contribution in [3.63, 3.8) is 0 Å². The molecule has 3 nitrogen and oxygen atoms in total. The molecule has 0 saturated heterocycles. The van der Waals surface area contributed by atoms with Gasteiger partial charge in [0.1, 0.15) is 18.1 Å². The molecule has 0 aromatic carbocycles. The van der Waals surface area contributed by atoms with Crippen molar-refractivity contribution in [3.8, 4) is 0 Å². The molecule has 0 aliphatic heterocycles. The lowest BCUT2D eigenvalue weighted by Crippen LogP contribution is -2.15. The van der Waals surface area contributed by atoms with Crippen LogP contribution < -0.4 is 5.73 Å². The highest BCUT2D eigenvalue weighted by Crippen LogP contribution is 2.11. The van der Waals surface area contributed by atoms with Gasteiger partial charge in [0.25, 0.3) is 0 Å². The largest absolute Gasteiger partial charge is 0.464 e. The highest BCUT2D eigenvalue weighted by atomic mass is 16.5. The molecule has 0 radical (unpaired) electrons. The number of methoxy groups -OCH3 is 1. The van der Waals surface area contributed by atoms with Crippen molar-refractivity contribution in [2.75, 3.05) is 7.11 Å². The van der Waals surface area contributed by atoms with Gasteiger partial charge in [-0.15, -0.1) is 0 Å². The molecule has 0 unspecified atom stereocenters. The van der Waals surface area contributed by atoms with E-state index in [2.05, 4.69) is 0 Å². The van der Waals surface area contributed by atoms with Crippen molar-refractivity contribution >= 4 is 0 Å². The summed E-state index contributed by atoms with van der Waals surface area (Å²) in [5, 5.41) is 0. The Kier molecular flexibility index (Phi) is 3.99. The summed E-state index contributed by atoms with van der Waals surface area (Å²) in [6.07, 6.45) is 1.86. The number of rotatable bonds is 5. The molecule has 2 N–H and O–H groups in total. The Hall–Kier alpha value is -0.800. The lowest BCUT2D eigenvalue weighted by atomic mass is 10.2. The van der Waals surface area contributed by atoms with E-state index in [9.17, 15) is 0 Å². The molecule has 0 spiro atoms. The highest BCUT2D eigenvalue weighted by molar-refractivity contribution is 5.06. The Bertz CT molecular complexity index is 243. The zero-order valence-corrected chi connectivity index (χ0v) is 8.25. The summed E-state index contributed by atoms with van der Waals surface area (Å²) in [6.45, 7) is 2.54. The van der Waals surface area contributed by atoms with Gasteiger partial charge in [-0.2, -0.15) is 0 Å². The first-order valence-corrected chi connectivity index (χ1v) is 4.54. The fourth-order valence-corrected chi connectivity index (χ4v) is 1.15. The van der Waals surface area contributed by atoms with Crippen LogP contribution in [0.3, 0.4) is 0 Å².